The number of morpholine rings is 1. The van der Waals surface area contributed by atoms with E-state index in [4.69, 9.17) is 4.74 Å². The minimum atomic E-state index is -0.340. The molecule has 2 heterocycles. The van der Waals surface area contributed by atoms with Gasteiger partial charge in [0.1, 0.15) is 5.70 Å². The van der Waals surface area contributed by atoms with Crippen LogP contribution in [0.1, 0.15) is 23.6 Å². The summed E-state index contributed by atoms with van der Waals surface area (Å²) in [6.07, 6.45) is 0. The molecule has 0 spiro atoms. The molecule has 0 aromatic heterocycles. The molecular weight excluding hydrogens is 394 g/mol. The summed E-state index contributed by atoms with van der Waals surface area (Å²) in [7, 11) is 0. The van der Waals surface area contributed by atoms with Gasteiger partial charge >= 0.3 is 0 Å². The molecule has 0 unspecified atom stereocenters. The van der Waals surface area contributed by atoms with E-state index in [9.17, 15) is 14.4 Å². The second-order valence-electron chi connectivity index (χ2n) is 7.82. The average Bonchev–Trinajstić information content (AvgIpc) is 3.01. The third kappa shape index (κ3) is 3.96. The Balaban J connectivity index is 1.80. The van der Waals surface area contributed by atoms with Gasteiger partial charge in [-0.05, 0) is 48.7 Å². The van der Waals surface area contributed by atoms with Gasteiger partial charge in [0.2, 0.25) is 5.91 Å². The molecule has 0 radical (unpaired) electrons. The number of anilines is 2. The van der Waals surface area contributed by atoms with Crippen molar-refractivity contribution in [2.45, 2.75) is 20.8 Å². The van der Waals surface area contributed by atoms with Crippen LogP contribution >= 0.6 is 0 Å². The van der Waals surface area contributed by atoms with E-state index in [1.54, 1.807) is 24.3 Å². The number of amides is 3. The average molecular weight is 419 g/mol. The molecule has 2 aliphatic rings. The summed E-state index contributed by atoms with van der Waals surface area (Å²) in [5, 5.41) is 2.72. The van der Waals surface area contributed by atoms with E-state index in [0.29, 0.717) is 54.5 Å². The minimum absolute atomic E-state index is 0.172. The topological polar surface area (TPSA) is 79.0 Å². The van der Waals surface area contributed by atoms with E-state index >= 15 is 0 Å². The predicted molar refractivity (Wildman–Crippen MR) is 118 cm³/mol. The van der Waals surface area contributed by atoms with Crippen LogP contribution in [0.15, 0.2) is 48.2 Å². The summed E-state index contributed by atoms with van der Waals surface area (Å²) in [6.45, 7) is 7.36. The van der Waals surface area contributed by atoms with Gasteiger partial charge in [-0.2, -0.15) is 0 Å². The first kappa shape index (κ1) is 20.8. The number of carbonyl (C=O) groups is 3. The summed E-state index contributed by atoms with van der Waals surface area (Å²) in [6, 6.07) is 12.7. The van der Waals surface area contributed by atoms with E-state index in [2.05, 4.69) is 5.32 Å². The number of hydrogen-bond donors (Lipinski definition) is 1. The lowest BCUT2D eigenvalue weighted by Gasteiger charge is -2.29. The van der Waals surface area contributed by atoms with Gasteiger partial charge in [-0.25, -0.2) is 4.90 Å². The molecular formula is C24H25N3O4. The van der Waals surface area contributed by atoms with Crippen LogP contribution in [0.5, 0.6) is 0 Å². The first-order chi connectivity index (χ1) is 14.9. The van der Waals surface area contributed by atoms with Gasteiger partial charge in [0.15, 0.2) is 0 Å². The van der Waals surface area contributed by atoms with E-state index in [0.717, 1.165) is 11.1 Å². The fraction of sp³-hybridized carbons (Fsp3) is 0.292. The molecule has 2 aliphatic heterocycles. The van der Waals surface area contributed by atoms with Crippen LogP contribution in [0.3, 0.4) is 0 Å². The third-order valence-electron chi connectivity index (χ3n) is 5.49. The lowest BCUT2D eigenvalue weighted by Crippen LogP contribution is -2.40. The second-order valence-corrected chi connectivity index (χ2v) is 7.82. The number of ether oxygens (including phenoxy) is 1. The Labute approximate surface area is 181 Å². The number of rotatable bonds is 4. The summed E-state index contributed by atoms with van der Waals surface area (Å²) in [4.78, 5) is 41.7. The molecule has 0 aliphatic carbocycles. The quantitative estimate of drug-likeness (QED) is 0.771. The molecule has 0 saturated carbocycles. The van der Waals surface area contributed by atoms with Crippen molar-refractivity contribution in [2.75, 3.05) is 36.5 Å². The number of aryl methyl sites for hydroxylation is 2. The maximum atomic E-state index is 13.6. The van der Waals surface area contributed by atoms with Crippen molar-refractivity contribution in [2.24, 2.45) is 0 Å². The SMILES string of the molecule is CC(=O)Nc1ccc(C2=C(N3CCOCC3)C(=O)N(c3cc(C)ccc3C)C2=O)cc1. The van der Waals surface area contributed by atoms with Crippen molar-refractivity contribution < 1.29 is 19.1 Å². The van der Waals surface area contributed by atoms with Gasteiger partial charge < -0.3 is 15.0 Å². The van der Waals surface area contributed by atoms with Crippen molar-refractivity contribution in [1.29, 1.82) is 0 Å². The molecule has 1 saturated heterocycles. The molecule has 7 nitrogen and oxygen atoms in total. The van der Waals surface area contributed by atoms with Gasteiger partial charge in [-0.15, -0.1) is 0 Å². The summed E-state index contributed by atoms with van der Waals surface area (Å²) in [5.74, 6) is -0.830. The summed E-state index contributed by atoms with van der Waals surface area (Å²) < 4.78 is 5.45. The lowest BCUT2D eigenvalue weighted by molar-refractivity contribution is -0.121. The van der Waals surface area contributed by atoms with Crippen LogP contribution in [-0.4, -0.2) is 48.9 Å². The van der Waals surface area contributed by atoms with Gasteiger partial charge in [0.05, 0.1) is 24.5 Å². The van der Waals surface area contributed by atoms with Crippen LogP contribution in [0.2, 0.25) is 0 Å². The molecule has 1 N–H and O–H groups in total. The Bertz CT molecular complexity index is 1080. The highest BCUT2D eigenvalue weighted by molar-refractivity contribution is 6.45. The van der Waals surface area contributed by atoms with E-state index in [1.807, 2.05) is 36.9 Å². The van der Waals surface area contributed by atoms with Crippen LogP contribution in [0.25, 0.3) is 5.57 Å². The largest absolute Gasteiger partial charge is 0.378 e. The molecule has 160 valence electrons. The molecule has 4 rings (SSSR count). The molecule has 2 aromatic rings. The number of nitrogens with zero attached hydrogens (tertiary/aromatic N) is 2. The fourth-order valence-corrected chi connectivity index (χ4v) is 3.96. The van der Waals surface area contributed by atoms with E-state index in [1.165, 1.54) is 11.8 Å². The standard InChI is InChI=1S/C24H25N3O4/c1-15-4-5-16(2)20(14-15)27-23(29)21(18-6-8-19(9-7-18)25-17(3)28)22(24(27)30)26-10-12-31-13-11-26/h4-9,14H,10-13H2,1-3H3,(H,25,28). The highest BCUT2D eigenvalue weighted by Gasteiger charge is 2.43. The molecule has 3 amide bonds. The molecule has 1 fully saturated rings. The first-order valence-corrected chi connectivity index (χ1v) is 10.3. The molecule has 2 aromatic carbocycles. The Hall–Kier alpha value is -3.45. The number of imide groups is 1. The fourth-order valence-electron chi connectivity index (χ4n) is 3.96. The van der Waals surface area contributed by atoms with Crippen LogP contribution in [0.4, 0.5) is 11.4 Å². The van der Waals surface area contributed by atoms with Crippen LogP contribution in [-0.2, 0) is 19.1 Å². The zero-order valence-electron chi connectivity index (χ0n) is 17.9. The highest BCUT2D eigenvalue weighted by atomic mass is 16.5. The van der Waals surface area contributed by atoms with Crippen molar-refractivity contribution in [3.8, 4) is 0 Å². The highest BCUT2D eigenvalue weighted by Crippen LogP contribution is 2.37. The maximum Gasteiger partial charge on any atom is 0.282 e. The Morgan fingerprint density at radius 2 is 1.65 bits per heavy atom. The molecule has 7 heteroatoms. The molecule has 31 heavy (non-hydrogen) atoms. The zero-order chi connectivity index (χ0) is 22.1. The van der Waals surface area contributed by atoms with Crippen molar-refractivity contribution >= 4 is 34.7 Å². The number of hydrogen-bond acceptors (Lipinski definition) is 5. The van der Waals surface area contributed by atoms with Gasteiger partial charge in [0.25, 0.3) is 11.8 Å². The Morgan fingerprint density at radius 1 is 0.968 bits per heavy atom. The zero-order valence-corrected chi connectivity index (χ0v) is 17.9. The van der Waals surface area contributed by atoms with Crippen LogP contribution in [0, 0.1) is 13.8 Å². The third-order valence-corrected chi connectivity index (χ3v) is 5.49. The Kier molecular flexibility index (Phi) is 5.61. The summed E-state index contributed by atoms with van der Waals surface area (Å²) >= 11 is 0. The summed E-state index contributed by atoms with van der Waals surface area (Å²) in [5.41, 5.74) is 4.49. The van der Waals surface area contributed by atoms with Crippen molar-refractivity contribution in [1.82, 2.24) is 4.90 Å². The first-order valence-electron chi connectivity index (χ1n) is 10.3. The smallest absolute Gasteiger partial charge is 0.282 e. The van der Waals surface area contributed by atoms with E-state index in [-0.39, 0.29) is 17.7 Å². The number of carbonyl (C=O) groups excluding carboxylic acids is 3. The Morgan fingerprint density at radius 3 is 2.29 bits per heavy atom. The monoisotopic (exact) mass is 419 g/mol. The molecule has 0 bridgehead atoms. The van der Waals surface area contributed by atoms with E-state index < -0.39 is 0 Å². The van der Waals surface area contributed by atoms with Gasteiger partial charge in [-0.1, -0.05) is 24.3 Å². The lowest BCUT2D eigenvalue weighted by atomic mass is 10.0. The molecule has 0 atom stereocenters. The van der Waals surface area contributed by atoms with Crippen molar-refractivity contribution in [3.05, 3.63) is 64.9 Å². The van der Waals surface area contributed by atoms with Crippen LogP contribution < -0.4 is 10.2 Å². The number of benzene rings is 2. The van der Waals surface area contributed by atoms with Gasteiger partial charge in [-0.3, -0.25) is 14.4 Å². The van der Waals surface area contributed by atoms with Gasteiger partial charge in [0, 0.05) is 25.7 Å². The van der Waals surface area contributed by atoms with Crippen molar-refractivity contribution in [3.63, 3.8) is 0 Å². The number of nitrogens with one attached hydrogen (secondary N) is 1. The minimum Gasteiger partial charge on any atom is -0.378 e. The maximum absolute atomic E-state index is 13.6. The second kappa shape index (κ2) is 8.35. The normalized spacial score (nSPS) is 16.9. The predicted octanol–water partition coefficient (Wildman–Crippen LogP) is 2.88.